The Balaban J connectivity index is 1.70. The van der Waals surface area contributed by atoms with Gasteiger partial charge in [-0.2, -0.15) is 0 Å². The third kappa shape index (κ3) is 4.22. The molecule has 0 fully saturated rings. The van der Waals surface area contributed by atoms with E-state index in [4.69, 9.17) is 0 Å². The topological polar surface area (TPSA) is 104 Å². The minimum absolute atomic E-state index is 0.0339. The number of aromatic amines is 1. The van der Waals surface area contributed by atoms with Crippen molar-refractivity contribution < 1.29 is 9.59 Å². The van der Waals surface area contributed by atoms with E-state index in [2.05, 4.69) is 20.6 Å². The number of hydrogen-bond acceptors (Lipinski definition) is 5. The van der Waals surface area contributed by atoms with E-state index in [0.717, 1.165) is 16.8 Å². The van der Waals surface area contributed by atoms with Crippen LogP contribution in [0.25, 0.3) is 11.3 Å². The van der Waals surface area contributed by atoms with Crippen molar-refractivity contribution in [2.75, 3.05) is 5.32 Å². The maximum Gasteiger partial charge on any atom is 0.263 e. The highest BCUT2D eigenvalue weighted by molar-refractivity contribution is 7.14. The summed E-state index contributed by atoms with van der Waals surface area (Å²) < 4.78 is 0. The van der Waals surface area contributed by atoms with Gasteiger partial charge < -0.3 is 10.3 Å². The lowest BCUT2D eigenvalue weighted by molar-refractivity contribution is -0.119. The van der Waals surface area contributed by atoms with Crippen molar-refractivity contribution in [1.29, 1.82) is 0 Å². The van der Waals surface area contributed by atoms with E-state index in [0.29, 0.717) is 11.7 Å². The fourth-order valence-corrected chi connectivity index (χ4v) is 2.96. The minimum atomic E-state index is -0.501. The highest BCUT2D eigenvalue weighted by atomic mass is 32.1. The Morgan fingerprint density at radius 1 is 1.19 bits per heavy atom. The van der Waals surface area contributed by atoms with Gasteiger partial charge in [-0.25, -0.2) is 4.98 Å². The number of aromatic nitrogens is 2. The lowest BCUT2D eigenvalue weighted by Gasteiger charge is -2.03. The number of carbonyl (C=O) groups is 2. The summed E-state index contributed by atoms with van der Waals surface area (Å²) in [5, 5.41) is 7.61. The molecule has 2 heterocycles. The molecule has 0 aliphatic heterocycles. The molecule has 0 saturated carbocycles. The summed E-state index contributed by atoms with van der Waals surface area (Å²) in [5.41, 5.74) is 2.18. The number of carbonyl (C=O) groups excluding carboxylic acids is 2. The summed E-state index contributed by atoms with van der Waals surface area (Å²) in [6.45, 7) is 1.95. The van der Waals surface area contributed by atoms with Crippen LogP contribution in [-0.2, 0) is 11.3 Å². The Morgan fingerprint density at radius 2 is 1.96 bits per heavy atom. The fourth-order valence-electron chi connectivity index (χ4n) is 2.25. The number of thiazole rings is 1. The lowest BCUT2D eigenvalue weighted by Crippen LogP contribution is -2.22. The molecule has 3 rings (SSSR count). The van der Waals surface area contributed by atoms with Crippen molar-refractivity contribution in [2.45, 2.75) is 13.5 Å². The van der Waals surface area contributed by atoms with E-state index in [-0.39, 0.29) is 11.5 Å². The van der Waals surface area contributed by atoms with Gasteiger partial charge in [0, 0.05) is 30.6 Å². The first kappa shape index (κ1) is 17.6. The maximum absolute atomic E-state index is 12.2. The number of rotatable bonds is 5. The summed E-state index contributed by atoms with van der Waals surface area (Å²) in [5.74, 6) is -0.579. The van der Waals surface area contributed by atoms with Crippen LogP contribution in [0.15, 0.2) is 52.8 Å². The largest absolute Gasteiger partial charge is 0.352 e. The quantitative estimate of drug-likeness (QED) is 0.643. The van der Waals surface area contributed by atoms with Crippen LogP contribution in [0, 0.1) is 0 Å². The van der Waals surface area contributed by atoms with Gasteiger partial charge in [0.1, 0.15) is 5.56 Å². The number of amides is 2. The van der Waals surface area contributed by atoms with Gasteiger partial charge in [0.05, 0.1) is 5.69 Å². The Bertz CT molecular complexity index is 992. The van der Waals surface area contributed by atoms with Crippen molar-refractivity contribution in [3.05, 3.63) is 69.5 Å². The predicted octanol–water partition coefficient (Wildman–Crippen LogP) is 2.39. The molecular formula is C18H16N4O3S. The molecule has 3 N–H and O–H groups in total. The highest BCUT2D eigenvalue weighted by Gasteiger charge is 2.12. The van der Waals surface area contributed by atoms with Crippen molar-refractivity contribution in [3.63, 3.8) is 0 Å². The van der Waals surface area contributed by atoms with E-state index in [9.17, 15) is 14.4 Å². The maximum atomic E-state index is 12.2. The molecule has 0 bridgehead atoms. The van der Waals surface area contributed by atoms with E-state index in [1.54, 1.807) is 6.07 Å². The molecule has 7 nitrogen and oxygen atoms in total. The van der Waals surface area contributed by atoms with E-state index in [1.807, 2.05) is 29.6 Å². The van der Waals surface area contributed by atoms with Crippen LogP contribution in [-0.4, -0.2) is 21.8 Å². The molecular weight excluding hydrogens is 352 g/mol. The van der Waals surface area contributed by atoms with Crippen molar-refractivity contribution in [3.8, 4) is 11.3 Å². The van der Waals surface area contributed by atoms with Crippen molar-refractivity contribution >= 4 is 28.3 Å². The Hall–Kier alpha value is -3.26. The monoisotopic (exact) mass is 368 g/mol. The van der Waals surface area contributed by atoms with E-state index >= 15 is 0 Å². The summed E-state index contributed by atoms with van der Waals surface area (Å²) in [6.07, 6.45) is 1.47. The van der Waals surface area contributed by atoms with Crippen molar-refractivity contribution in [1.82, 2.24) is 15.3 Å². The van der Waals surface area contributed by atoms with Gasteiger partial charge in [0.15, 0.2) is 5.13 Å². The van der Waals surface area contributed by atoms with Crippen LogP contribution >= 0.6 is 11.3 Å². The smallest absolute Gasteiger partial charge is 0.263 e. The molecule has 3 aromatic rings. The molecule has 0 atom stereocenters. The minimum Gasteiger partial charge on any atom is -0.352 e. The van der Waals surface area contributed by atoms with Gasteiger partial charge in [-0.15, -0.1) is 11.3 Å². The third-order valence-corrected chi connectivity index (χ3v) is 4.34. The Kier molecular flexibility index (Phi) is 5.23. The molecule has 26 heavy (non-hydrogen) atoms. The molecule has 2 amide bonds. The van der Waals surface area contributed by atoms with E-state index in [1.165, 1.54) is 30.5 Å². The van der Waals surface area contributed by atoms with Crippen LogP contribution in [0.3, 0.4) is 0 Å². The third-order valence-electron chi connectivity index (χ3n) is 3.58. The zero-order valence-electron chi connectivity index (χ0n) is 13.9. The average molecular weight is 368 g/mol. The molecule has 0 saturated heterocycles. The molecule has 1 aromatic carbocycles. The van der Waals surface area contributed by atoms with Crippen LogP contribution in [0.1, 0.15) is 22.8 Å². The number of hydrogen-bond donors (Lipinski definition) is 3. The highest BCUT2D eigenvalue weighted by Crippen LogP contribution is 2.25. The van der Waals surface area contributed by atoms with E-state index < -0.39 is 11.5 Å². The first-order valence-electron chi connectivity index (χ1n) is 7.81. The summed E-state index contributed by atoms with van der Waals surface area (Å²) in [7, 11) is 0. The number of anilines is 1. The standard InChI is InChI=1S/C18H16N4O3S/c1-11(23)20-9-12-4-6-13(7-5-12)15-10-26-18(21-15)22-17(25)14-3-2-8-19-16(14)24/h2-8,10H,9H2,1H3,(H,19,24)(H,20,23)(H,21,22,25). The van der Waals surface area contributed by atoms with Gasteiger partial charge in [-0.05, 0) is 17.7 Å². The number of H-pyrrole nitrogens is 1. The Labute approximate surface area is 153 Å². The normalized spacial score (nSPS) is 10.3. The van der Waals surface area contributed by atoms with Gasteiger partial charge in [-0.3, -0.25) is 19.7 Å². The average Bonchev–Trinajstić information content (AvgIpc) is 3.09. The van der Waals surface area contributed by atoms with Crippen LogP contribution in [0.2, 0.25) is 0 Å². The first-order chi connectivity index (χ1) is 12.5. The zero-order valence-corrected chi connectivity index (χ0v) is 14.7. The summed E-state index contributed by atoms with van der Waals surface area (Å²) in [4.78, 5) is 41.6. The van der Waals surface area contributed by atoms with Crippen LogP contribution < -0.4 is 16.2 Å². The number of benzene rings is 1. The summed E-state index contributed by atoms with van der Waals surface area (Å²) in [6, 6.07) is 10.7. The number of nitrogens with zero attached hydrogens (tertiary/aromatic N) is 1. The van der Waals surface area contributed by atoms with Gasteiger partial charge in [0.25, 0.3) is 11.5 Å². The second-order valence-electron chi connectivity index (χ2n) is 5.51. The molecule has 2 aromatic heterocycles. The van der Waals surface area contributed by atoms with Crippen LogP contribution in [0.5, 0.6) is 0 Å². The number of pyridine rings is 1. The first-order valence-corrected chi connectivity index (χ1v) is 8.69. The molecule has 0 unspecified atom stereocenters. The molecule has 132 valence electrons. The SMILES string of the molecule is CC(=O)NCc1ccc(-c2csc(NC(=O)c3ccc[nH]c3=O)n2)cc1. The van der Waals surface area contributed by atoms with Crippen LogP contribution in [0.4, 0.5) is 5.13 Å². The van der Waals surface area contributed by atoms with Gasteiger partial charge >= 0.3 is 0 Å². The second kappa shape index (κ2) is 7.75. The fraction of sp³-hybridized carbons (Fsp3) is 0.111. The zero-order chi connectivity index (χ0) is 18.5. The van der Waals surface area contributed by atoms with Gasteiger partial charge in [0.2, 0.25) is 5.91 Å². The second-order valence-corrected chi connectivity index (χ2v) is 6.37. The molecule has 0 spiro atoms. The lowest BCUT2D eigenvalue weighted by atomic mass is 10.1. The molecule has 0 radical (unpaired) electrons. The van der Waals surface area contributed by atoms with Gasteiger partial charge in [-0.1, -0.05) is 24.3 Å². The molecule has 8 heteroatoms. The number of nitrogens with one attached hydrogen (secondary N) is 3. The predicted molar refractivity (Wildman–Crippen MR) is 100 cm³/mol. The van der Waals surface area contributed by atoms with Crippen molar-refractivity contribution in [2.24, 2.45) is 0 Å². The summed E-state index contributed by atoms with van der Waals surface area (Å²) >= 11 is 1.28. The molecule has 0 aliphatic carbocycles. The Morgan fingerprint density at radius 3 is 2.65 bits per heavy atom. The molecule has 0 aliphatic rings.